The molecule has 2 atom stereocenters. The largest absolute Gasteiger partial charge is 0.341 e. The SMILES string of the molecule is O=C(CCc1nc2ccccc2s1)N1C[C@@H]2CCS(=O)(=O)[C@@H]2C1. The average molecular weight is 350 g/mol. The fourth-order valence-corrected chi connectivity index (χ4v) is 6.71. The smallest absolute Gasteiger partial charge is 0.223 e. The molecule has 0 N–H and O–H groups in total. The Kier molecular flexibility index (Phi) is 3.65. The van der Waals surface area contributed by atoms with Crippen molar-refractivity contribution in [3.8, 4) is 0 Å². The first-order chi connectivity index (χ1) is 11.0. The van der Waals surface area contributed by atoms with Crippen molar-refractivity contribution in [2.75, 3.05) is 18.8 Å². The number of aryl methyl sites for hydroxylation is 1. The van der Waals surface area contributed by atoms with Crippen LogP contribution < -0.4 is 0 Å². The zero-order chi connectivity index (χ0) is 16.0. The van der Waals surface area contributed by atoms with Gasteiger partial charge in [0, 0.05) is 25.9 Å². The number of carbonyl (C=O) groups is 1. The van der Waals surface area contributed by atoms with E-state index in [1.807, 2.05) is 24.3 Å². The summed E-state index contributed by atoms with van der Waals surface area (Å²) in [5, 5.41) is 0.639. The predicted molar refractivity (Wildman–Crippen MR) is 90.2 cm³/mol. The molecule has 23 heavy (non-hydrogen) atoms. The summed E-state index contributed by atoms with van der Waals surface area (Å²) < 4.78 is 25.0. The normalized spacial score (nSPS) is 25.8. The van der Waals surface area contributed by atoms with Crippen LogP contribution in [0.2, 0.25) is 0 Å². The Morgan fingerprint density at radius 1 is 1.30 bits per heavy atom. The second-order valence-electron chi connectivity index (χ2n) is 6.33. The van der Waals surface area contributed by atoms with Crippen LogP contribution in [0.5, 0.6) is 0 Å². The highest BCUT2D eigenvalue weighted by atomic mass is 32.2. The van der Waals surface area contributed by atoms with Crippen LogP contribution >= 0.6 is 11.3 Å². The number of nitrogens with zero attached hydrogens (tertiary/aromatic N) is 2. The van der Waals surface area contributed by atoms with Gasteiger partial charge in [0.15, 0.2) is 9.84 Å². The van der Waals surface area contributed by atoms with E-state index in [9.17, 15) is 13.2 Å². The van der Waals surface area contributed by atoms with Crippen LogP contribution in [0.1, 0.15) is 17.8 Å². The number of carbonyl (C=O) groups excluding carboxylic acids is 1. The monoisotopic (exact) mass is 350 g/mol. The zero-order valence-corrected chi connectivity index (χ0v) is 14.3. The molecule has 0 spiro atoms. The third-order valence-electron chi connectivity index (χ3n) is 4.86. The number of fused-ring (bicyclic) bond motifs is 2. The van der Waals surface area contributed by atoms with Crippen molar-refractivity contribution >= 4 is 37.3 Å². The Hall–Kier alpha value is -1.47. The molecule has 2 saturated heterocycles. The van der Waals surface area contributed by atoms with Gasteiger partial charge in [-0.2, -0.15) is 0 Å². The molecular formula is C16H18N2O3S2. The number of likely N-dealkylation sites (tertiary alicyclic amines) is 1. The highest BCUT2D eigenvalue weighted by molar-refractivity contribution is 7.92. The predicted octanol–water partition coefficient (Wildman–Crippen LogP) is 1.87. The van der Waals surface area contributed by atoms with E-state index in [1.165, 1.54) is 0 Å². The topological polar surface area (TPSA) is 67.3 Å². The van der Waals surface area contributed by atoms with Crippen molar-refractivity contribution in [3.63, 3.8) is 0 Å². The lowest BCUT2D eigenvalue weighted by Gasteiger charge is -2.16. The van der Waals surface area contributed by atoms with E-state index in [1.54, 1.807) is 16.2 Å². The standard InChI is InChI=1S/C16H18N2O3S2/c19-16(18-9-11-7-8-23(20,21)14(11)10-18)6-5-15-17-12-3-1-2-4-13(12)22-15/h1-4,11,14H,5-10H2/t11-,14+/m0/s1. The van der Waals surface area contributed by atoms with Gasteiger partial charge in [0.2, 0.25) is 5.91 Å². The van der Waals surface area contributed by atoms with Gasteiger partial charge in [0.05, 0.1) is 26.2 Å². The Bertz CT molecular complexity index is 826. The summed E-state index contributed by atoms with van der Waals surface area (Å²) in [6.45, 7) is 0.980. The first kappa shape index (κ1) is 15.1. The van der Waals surface area contributed by atoms with E-state index < -0.39 is 9.84 Å². The quantitative estimate of drug-likeness (QED) is 0.848. The number of thiazole rings is 1. The van der Waals surface area contributed by atoms with E-state index in [2.05, 4.69) is 4.98 Å². The molecule has 0 radical (unpaired) electrons. The summed E-state index contributed by atoms with van der Waals surface area (Å²) in [6.07, 6.45) is 1.73. The molecule has 4 rings (SSSR count). The maximum atomic E-state index is 12.4. The number of hydrogen-bond donors (Lipinski definition) is 0. The molecule has 0 unspecified atom stereocenters. The van der Waals surface area contributed by atoms with Crippen LogP contribution in [0, 0.1) is 5.92 Å². The number of benzene rings is 1. The molecule has 1 amide bonds. The lowest BCUT2D eigenvalue weighted by atomic mass is 10.1. The fraction of sp³-hybridized carbons (Fsp3) is 0.500. The second kappa shape index (κ2) is 5.56. The van der Waals surface area contributed by atoms with Gasteiger partial charge in [-0.15, -0.1) is 11.3 Å². The summed E-state index contributed by atoms with van der Waals surface area (Å²) in [6, 6.07) is 7.95. The number of rotatable bonds is 3. The minimum absolute atomic E-state index is 0.0499. The van der Waals surface area contributed by atoms with Crippen molar-refractivity contribution < 1.29 is 13.2 Å². The molecule has 0 saturated carbocycles. The van der Waals surface area contributed by atoms with Crippen LogP contribution in [0.4, 0.5) is 0 Å². The van der Waals surface area contributed by atoms with Gasteiger partial charge in [0.1, 0.15) is 0 Å². The third-order valence-corrected chi connectivity index (χ3v) is 8.22. The average Bonchev–Trinajstić information content (AvgIpc) is 3.20. The van der Waals surface area contributed by atoms with Gasteiger partial charge >= 0.3 is 0 Å². The van der Waals surface area contributed by atoms with E-state index in [-0.39, 0.29) is 22.8 Å². The lowest BCUT2D eigenvalue weighted by Crippen LogP contribution is -2.32. The molecule has 3 heterocycles. The van der Waals surface area contributed by atoms with Gasteiger partial charge in [-0.1, -0.05) is 12.1 Å². The third kappa shape index (κ3) is 2.76. The molecule has 2 aromatic rings. The molecule has 2 aliphatic rings. The summed E-state index contributed by atoms with van der Waals surface area (Å²) >= 11 is 1.62. The number of amides is 1. The van der Waals surface area contributed by atoms with Crippen molar-refractivity contribution in [2.24, 2.45) is 5.92 Å². The van der Waals surface area contributed by atoms with E-state index in [0.29, 0.717) is 32.4 Å². The fourth-order valence-electron chi connectivity index (χ4n) is 3.59. The number of hydrogen-bond acceptors (Lipinski definition) is 5. The Morgan fingerprint density at radius 3 is 2.91 bits per heavy atom. The minimum Gasteiger partial charge on any atom is -0.341 e. The molecule has 1 aromatic carbocycles. The lowest BCUT2D eigenvalue weighted by molar-refractivity contribution is -0.130. The van der Waals surface area contributed by atoms with E-state index in [4.69, 9.17) is 0 Å². The van der Waals surface area contributed by atoms with Gasteiger partial charge < -0.3 is 4.90 Å². The molecule has 1 aromatic heterocycles. The molecule has 0 bridgehead atoms. The van der Waals surface area contributed by atoms with E-state index >= 15 is 0 Å². The van der Waals surface area contributed by atoms with Crippen LogP contribution in [-0.2, 0) is 21.1 Å². The van der Waals surface area contributed by atoms with Crippen LogP contribution in [0.25, 0.3) is 10.2 Å². The van der Waals surface area contributed by atoms with Crippen molar-refractivity contribution in [3.05, 3.63) is 29.3 Å². The Morgan fingerprint density at radius 2 is 2.13 bits per heavy atom. The second-order valence-corrected chi connectivity index (χ2v) is 9.78. The Balaban J connectivity index is 1.39. The van der Waals surface area contributed by atoms with Gasteiger partial charge in [-0.05, 0) is 24.5 Å². The summed E-state index contributed by atoms with van der Waals surface area (Å²) in [5.41, 5.74) is 0.974. The highest BCUT2D eigenvalue weighted by Crippen LogP contribution is 2.34. The highest BCUT2D eigenvalue weighted by Gasteiger charge is 2.47. The molecule has 7 heteroatoms. The van der Waals surface area contributed by atoms with E-state index in [0.717, 1.165) is 15.2 Å². The van der Waals surface area contributed by atoms with Gasteiger partial charge in [0.25, 0.3) is 0 Å². The maximum Gasteiger partial charge on any atom is 0.223 e. The number of sulfone groups is 1. The molecule has 5 nitrogen and oxygen atoms in total. The number of aromatic nitrogens is 1. The summed E-state index contributed by atoms with van der Waals surface area (Å²) in [7, 11) is -2.98. The first-order valence-corrected chi connectivity index (χ1v) is 10.4. The number of para-hydroxylation sites is 1. The Labute approximate surface area is 139 Å². The van der Waals surface area contributed by atoms with Crippen LogP contribution in [-0.4, -0.2) is 48.3 Å². The minimum atomic E-state index is -2.98. The summed E-state index contributed by atoms with van der Waals surface area (Å²) in [5.74, 6) is 0.482. The first-order valence-electron chi connectivity index (χ1n) is 7.87. The van der Waals surface area contributed by atoms with Crippen molar-refractivity contribution in [1.29, 1.82) is 0 Å². The molecule has 2 aliphatic heterocycles. The van der Waals surface area contributed by atoms with Crippen LogP contribution in [0.15, 0.2) is 24.3 Å². The van der Waals surface area contributed by atoms with Crippen molar-refractivity contribution in [2.45, 2.75) is 24.5 Å². The van der Waals surface area contributed by atoms with Gasteiger partial charge in [-0.25, -0.2) is 13.4 Å². The summed E-state index contributed by atoms with van der Waals surface area (Å²) in [4.78, 5) is 18.7. The molecule has 122 valence electrons. The molecule has 2 fully saturated rings. The molecular weight excluding hydrogens is 332 g/mol. The zero-order valence-electron chi connectivity index (χ0n) is 12.6. The van der Waals surface area contributed by atoms with Gasteiger partial charge in [-0.3, -0.25) is 4.79 Å². The van der Waals surface area contributed by atoms with Crippen LogP contribution in [0.3, 0.4) is 0 Å². The van der Waals surface area contributed by atoms with Crippen molar-refractivity contribution in [1.82, 2.24) is 9.88 Å². The molecule has 0 aliphatic carbocycles. The maximum absolute atomic E-state index is 12.4.